The minimum atomic E-state index is -2.00. The number of aliphatic carboxylic acids is 1. The van der Waals surface area contributed by atoms with Crippen LogP contribution in [-0.2, 0) is 73.5 Å². The highest BCUT2D eigenvalue weighted by molar-refractivity contribution is 8.76. The summed E-state index contributed by atoms with van der Waals surface area (Å²) < 4.78 is 16.6. The van der Waals surface area contributed by atoms with Gasteiger partial charge in [-0.05, 0) is 70.4 Å². The van der Waals surface area contributed by atoms with Crippen molar-refractivity contribution in [3.05, 3.63) is 36.0 Å². The molecule has 1 aromatic heterocycles. The Hall–Kier alpha value is -8.50. The van der Waals surface area contributed by atoms with E-state index in [9.17, 15) is 77.3 Å². The number of nitrogens with two attached hydrogens (primary N) is 5. The molecule has 2 unspecified atom stereocenters. The van der Waals surface area contributed by atoms with Crippen molar-refractivity contribution in [2.24, 2.45) is 51.4 Å². The first-order chi connectivity index (χ1) is 44.4. The van der Waals surface area contributed by atoms with Gasteiger partial charge < -0.3 is 86.0 Å². The Balaban J connectivity index is 1.84. The lowest BCUT2D eigenvalue weighted by Gasteiger charge is -2.30. The highest BCUT2D eigenvalue weighted by atomic mass is 33.1. The van der Waals surface area contributed by atoms with Gasteiger partial charge in [0.1, 0.15) is 17.9 Å². The van der Waals surface area contributed by atoms with E-state index in [0.717, 1.165) is 40.3 Å². The molecule has 34 heteroatoms. The number of nitrogens with zero attached hydrogens (tertiary/aromatic N) is 2. The van der Waals surface area contributed by atoms with Gasteiger partial charge in [-0.2, -0.15) is 0 Å². The Morgan fingerprint density at radius 2 is 1.60 bits per heavy atom. The maximum absolute atomic E-state index is 15.1. The highest BCUT2D eigenvalue weighted by Gasteiger charge is 2.42. The molecule has 92 heavy (non-hydrogen) atoms. The molecule has 0 spiro atoms. The zero-order valence-corrected chi connectivity index (χ0v) is 52.7. The first-order valence-electron chi connectivity index (χ1n) is 30.9. The number of aliphatic hydroxyl groups excluding tert-OH is 1. The molecular weight excluding hydrogens is 1240 g/mol. The number of hydrogen-bond acceptors (Lipinski definition) is 20. The van der Waals surface area contributed by atoms with E-state index >= 15 is 4.79 Å². The fourth-order valence-electron chi connectivity index (χ4n) is 10.3. The molecule has 0 aliphatic carbocycles. The molecule has 32 nitrogen and oxygen atoms in total. The van der Waals surface area contributed by atoms with Crippen molar-refractivity contribution in [2.45, 2.75) is 152 Å². The van der Waals surface area contributed by atoms with E-state index in [4.69, 9.17) is 31.4 Å². The lowest BCUT2D eigenvalue weighted by atomic mass is 9.89. The van der Waals surface area contributed by atoms with Gasteiger partial charge in [0.05, 0.1) is 51.1 Å². The summed E-state index contributed by atoms with van der Waals surface area (Å²) in [4.78, 5) is 212. The molecule has 10 amide bonds. The van der Waals surface area contributed by atoms with Crippen LogP contribution in [0, 0.1) is 17.8 Å². The van der Waals surface area contributed by atoms with Crippen molar-refractivity contribution < 1.29 is 84.9 Å². The molecule has 506 valence electrons. The zero-order valence-electron chi connectivity index (χ0n) is 53.1. The number of hydrogen-bond donors (Lipinski definition) is 15. The number of carbonyl (C=O) groups excluding carboxylic acids is 14. The molecule has 3 heterocycles. The third-order valence-corrected chi connectivity index (χ3v) is 17.5. The molecule has 2 saturated heterocycles. The molecule has 2 aliphatic heterocycles. The van der Waals surface area contributed by atoms with Gasteiger partial charge >= 0.3 is 12.0 Å². The molecular formula is C58H85N15O17S2. The number of aliphatic hydroxyl groups is 1. The summed E-state index contributed by atoms with van der Waals surface area (Å²) in [5.74, 6) is -18.5. The van der Waals surface area contributed by atoms with Crippen LogP contribution in [0.4, 0.5) is 4.79 Å². The van der Waals surface area contributed by atoms with Crippen LogP contribution < -0.4 is 65.9 Å². The van der Waals surface area contributed by atoms with Gasteiger partial charge in [0.25, 0.3) is 0 Å². The number of ketones is 5. The number of primary amides is 2. The molecule has 2 aromatic rings. The number of amides is 10. The van der Waals surface area contributed by atoms with Gasteiger partial charge in [0, 0.05) is 112 Å². The third kappa shape index (κ3) is 25.6. The lowest BCUT2D eigenvalue weighted by Crippen LogP contribution is -2.58. The normalized spacial score (nSPS) is 22.6. The first kappa shape index (κ1) is 72.6. The average Bonchev–Trinajstić information content (AvgIpc) is 1.65. The maximum Gasteiger partial charge on any atom is 0.312 e. The second-order valence-corrected chi connectivity index (χ2v) is 24.8. The summed E-state index contributed by atoms with van der Waals surface area (Å²) in [7, 11) is 1.76. The average molecular weight is 1330 g/mol. The van der Waals surface area contributed by atoms with Crippen LogP contribution in [0.2, 0.25) is 0 Å². The summed E-state index contributed by atoms with van der Waals surface area (Å²) >= 11 is 0. The number of nitrogens with one attached hydrogen (secondary N) is 8. The number of urea groups is 1. The highest BCUT2D eigenvalue weighted by Crippen LogP contribution is 2.29. The van der Waals surface area contributed by atoms with Gasteiger partial charge in [-0.25, -0.2) is 4.79 Å². The monoisotopic (exact) mass is 1330 g/mol. The Morgan fingerprint density at radius 1 is 0.891 bits per heavy atom. The summed E-state index contributed by atoms with van der Waals surface area (Å²) in [5, 5.41) is 38.0. The Morgan fingerprint density at radius 3 is 2.26 bits per heavy atom. The van der Waals surface area contributed by atoms with Crippen LogP contribution in [0.5, 0.6) is 0 Å². The van der Waals surface area contributed by atoms with Gasteiger partial charge in [-0.3, -0.25) is 72.1 Å². The predicted octanol–water partition coefficient (Wildman–Crippen LogP) is -3.12. The summed E-state index contributed by atoms with van der Waals surface area (Å²) in [5.41, 5.74) is 28.6. The van der Waals surface area contributed by atoms with E-state index in [2.05, 4.69) is 47.2 Å². The van der Waals surface area contributed by atoms with Gasteiger partial charge in [0.15, 0.2) is 29.1 Å². The molecule has 2 aliphatic rings. The number of benzene rings is 1. The van der Waals surface area contributed by atoms with Crippen molar-refractivity contribution in [3.8, 4) is 0 Å². The van der Waals surface area contributed by atoms with E-state index < -0.39 is 200 Å². The van der Waals surface area contributed by atoms with E-state index in [0.29, 0.717) is 16.5 Å². The van der Waals surface area contributed by atoms with Crippen LogP contribution in [0.25, 0.3) is 10.9 Å². The van der Waals surface area contributed by atoms with Gasteiger partial charge in [-0.1, -0.05) is 39.8 Å². The van der Waals surface area contributed by atoms with Crippen LogP contribution in [-0.4, -0.2) is 201 Å². The second kappa shape index (κ2) is 38.4. The number of aromatic nitrogens is 1. The quantitative estimate of drug-likeness (QED) is 0.0166. The summed E-state index contributed by atoms with van der Waals surface area (Å²) in [6, 6.07) is -3.59. The van der Waals surface area contributed by atoms with E-state index in [1.165, 1.54) is 0 Å². The molecule has 0 saturated carbocycles. The number of carboxylic acid groups (broad SMARTS) is 1. The molecule has 0 radical (unpaired) electrons. The van der Waals surface area contributed by atoms with Crippen LogP contribution >= 0.6 is 21.6 Å². The number of carboxylic acids is 1. The van der Waals surface area contributed by atoms with Crippen LogP contribution in [0.15, 0.2) is 35.5 Å². The predicted molar refractivity (Wildman–Crippen MR) is 337 cm³/mol. The fraction of sp³-hybridized carbons (Fsp3) is 0.586. The Labute approximate surface area is 540 Å². The number of rotatable bonds is 29. The SMILES string of the molecule is [1H]C1CC(=O)[C@@H](NC(=O)CN)CSSC[C@@H](C(=O)C[C@@H](CCCNC(N)=O)C(=O)N[C@@H](Cc2c[nH]c3ccccc23)C(=O)C[C@@H](CCC(N)=O)C(=O)NC([2H])C(C)=O)NC(=O)[C@H](CCCN=C(N)N)CC(=O)[C@@H]2CCCN2C(=O)[C@H](CC(=O)O)NC(=O)[C@H]([C@@H](C)O)NC1=O. The largest absolute Gasteiger partial charge is 0.481 e. The smallest absolute Gasteiger partial charge is 0.312 e. The van der Waals surface area contributed by atoms with Crippen LogP contribution in [0.1, 0.15) is 112 Å². The number of aliphatic imine (C=N–C) groups is 1. The van der Waals surface area contributed by atoms with Crippen molar-refractivity contribution in [3.63, 3.8) is 0 Å². The second-order valence-electron chi connectivity index (χ2n) is 22.3. The third-order valence-electron chi connectivity index (χ3n) is 15.1. The van der Waals surface area contributed by atoms with E-state index in [-0.39, 0.29) is 94.9 Å². The van der Waals surface area contributed by atoms with Crippen LogP contribution in [0.3, 0.4) is 0 Å². The number of aromatic amines is 1. The summed E-state index contributed by atoms with van der Waals surface area (Å²) in [6.07, 6.45) is -6.99. The van der Waals surface area contributed by atoms with E-state index in [1.807, 2.05) is 0 Å². The minimum absolute atomic E-state index is 0.00714. The lowest BCUT2D eigenvalue weighted by molar-refractivity contribution is -0.146. The van der Waals surface area contributed by atoms with Gasteiger partial charge in [-0.15, -0.1) is 0 Å². The van der Waals surface area contributed by atoms with Crippen molar-refractivity contribution in [1.29, 1.82) is 0 Å². The molecule has 4 rings (SSSR count). The Kier molecular flexibility index (Phi) is 30.3. The maximum atomic E-state index is 15.1. The number of H-pyrrole nitrogens is 1. The zero-order chi connectivity index (χ0) is 69.9. The number of Topliss-reactive ketones (excluding diaryl/α,β-unsaturated/α-hetero) is 5. The summed E-state index contributed by atoms with van der Waals surface area (Å²) in [6.45, 7) is -0.493. The van der Waals surface area contributed by atoms with Crippen molar-refractivity contribution in [2.75, 3.05) is 44.2 Å². The molecule has 0 bridgehead atoms. The molecule has 12 atom stereocenters. The number of para-hydroxylation sites is 1. The van der Waals surface area contributed by atoms with Gasteiger partial charge in [0.2, 0.25) is 47.3 Å². The molecule has 20 N–H and O–H groups in total. The molecule has 1 aromatic carbocycles. The number of carbonyl (C=O) groups is 15. The first-order valence-corrected chi connectivity index (χ1v) is 32.2. The van der Waals surface area contributed by atoms with Crippen molar-refractivity contribution in [1.82, 2.24) is 47.1 Å². The number of fused-ring (bicyclic) bond motifs is 2. The topological polar surface area (TPSA) is 542 Å². The fourth-order valence-corrected chi connectivity index (χ4v) is 12.7. The number of guanidine groups is 1. The van der Waals surface area contributed by atoms with E-state index in [1.54, 1.807) is 30.5 Å². The standard InChI is InChI=1S/C58H85N15O17S2/c1-30(74)26-67-52(85)34(13-15-47(60)80)22-44(77)38(20-35-27-66-37-11-4-3-10-36(35)37)69-53(86)32(9-6-18-65-58(63)90)21-45(78)41-29-92-91-28-40(68-49(82)25-59)43(76)14-16-48(81)72-51(31(2)75)55(88)70-39(24-50(83)84)56(89)73-19-7-12-42(73)46(79)23-33(54(87)71-41)8-5-17-64-57(61)62/h3-4,10-11,27,31-34,38-42,51,66,75H,5-9,12-26,28-29,59H2,1-2H3,(H2,60,80)(H,67,85)(H,68,82)(H,69,86)(H,70,88)(H,71,87)(H,72,81)(H,83,84)(H4,61,62,64)(H3,63,65,90)/t31-,32-,33-,34-,38+,39+,40+,41+,42+,51+/m1/s1/i16H,26D/t16?,26?,31-,32-,33-,34-,38+,39+,40+,41+,42+,51+. The van der Waals surface area contributed by atoms with Crippen molar-refractivity contribution >= 4 is 127 Å². The Bertz CT molecular complexity index is 3140. The minimum Gasteiger partial charge on any atom is -0.481 e. The molecule has 2 fully saturated rings.